The van der Waals surface area contributed by atoms with E-state index >= 15 is 0 Å². The molecule has 0 aromatic rings. The molecule has 0 saturated heterocycles. The van der Waals surface area contributed by atoms with Crippen LogP contribution < -0.4 is 5.32 Å². The van der Waals surface area contributed by atoms with E-state index < -0.39 is 23.8 Å². The first kappa shape index (κ1) is 9.39. The fraction of sp³-hybridized carbons (Fsp3) is 0.444. The standard InChI is InChI=1S/C9H11NO4/c1-14-6-3-2-5-4-7(11)10-9(5,13)8(6)12/h2-4,6,8,12-13H,1H3,(H,10,11)/t6-,8+,9-/m1/s1. The fourth-order valence-corrected chi connectivity index (χ4v) is 1.72. The molecule has 0 saturated carbocycles. The molecule has 0 aromatic heterocycles. The monoisotopic (exact) mass is 197 g/mol. The van der Waals surface area contributed by atoms with Gasteiger partial charge in [-0.05, 0) is 0 Å². The zero-order valence-electron chi connectivity index (χ0n) is 7.60. The highest BCUT2D eigenvalue weighted by Gasteiger charge is 2.49. The first-order chi connectivity index (χ1) is 6.58. The maximum absolute atomic E-state index is 11.0. The Morgan fingerprint density at radius 1 is 1.64 bits per heavy atom. The Morgan fingerprint density at radius 2 is 2.36 bits per heavy atom. The molecule has 1 aliphatic heterocycles. The summed E-state index contributed by atoms with van der Waals surface area (Å²) >= 11 is 0. The number of aliphatic hydroxyl groups excluding tert-OH is 1. The molecule has 1 heterocycles. The van der Waals surface area contributed by atoms with Crippen molar-refractivity contribution in [3.05, 3.63) is 23.8 Å². The van der Waals surface area contributed by atoms with Gasteiger partial charge in [-0.1, -0.05) is 12.2 Å². The van der Waals surface area contributed by atoms with Gasteiger partial charge >= 0.3 is 0 Å². The number of nitrogens with one attached hydrogen (secondary N) is 1. The molecule has 5 nitrogen and oxygen atoms in total. The number of methoxy groups -OCH3 is 1. The van der Waals surface area contributed by atoms with Crippen molar-refractivity contribution in [3.63, 3.8) is 0 Å². The summed E-state index contributed by atoms with van der Waals surface area (Å²) in [6.07, 6.45) is 2.63. The highest BCUT2D eigenvalue weighted by atomic mass is 16.5. The van der Waals surface area contributed by atoms with Gasteiger partial charge in [0.2, 0.25) is 5.91 Å². The van der Waals surface area contributed by atoms with E-state index in [-0.39, 0.29) is 0 Å². The number of aliphatic hydroxyl groups is 2. The van der Waals surface area contributed by atoms with Gasteiger partial charge in [0, 0.05) is 18.8 Å². The van der Waals surface area contributed by atoms with Crippen LogP contribution in [0.1, 0.15) is 0 Å². The maximum Gasteiger partial charge on any atom is 0.246 e. The van der Waals surface area contributed by atoms with E-state index in [9.17, 15) is 15.0 Å². The van der Waals surface area contributed by atoms with Gasteiger partial charge < -0.3 is 20.3 Å². The Morgan fingerprint density at radius 3 is 3.00 bits per heavy atom. The molecule has 5 heteroatoms. The SMILES string of the molecule is CO[C@@H]1C=CC2=CC(=O)N[C@]2(O)[C@H]1O. The molecule has 2 rings (SSSR count). The summed E-state index contributed by atoms with van der Waals surface area (Å²) in [5.74, 6) is -0.414. The van der Waals surface area contributed by atoms with Gasteiger partial charge in [0.25, 0.3) is 0 Å². The minimum atomic E-state index is -1.70. The fourth-order valence-electron chi connectivity index (χ4n) is 1.72. The predicted molar refractivity (Wildman–Crippen MR) is 47.1 cm³/mol. The third kappa shape index (κ3) is 1.10. The van der Waals surface area contributed by atoms with Crippen molar-refractivity contribution < 1.29 is 19.7 Å². The van der Waals surface area contributed by atoms with Crippen LogP contribution in [0, 0.1) is 0 Å². The Balaban J connectivity index is 2.39. The highest BCUT2D eigenvalue weighted by molar-refractivity contribution is 5.93. The van der Waals surface area contributed by atoms with E-state index in [1.165, 1.54) is 13.2 Å². The van der Waals surface area contributed by atoms with Gasteiger partial charge in [-0.2, -0.15) is 0 Å². The van der Waals surface area contributed by atoms with Gasteiger partial charge in [0.1, 0.15) is 12.2 Å². The first-order valence-corrected chi connectivity index (χ1v) is 4.23. The third-order valence-corrected chi connectivity index (χ3v) is 2.52. The van der Waals surface area contributed by atoms with Crippen molar-refractivity contribution in [2.45, 2.75) is 17.9 Å². The second-order valence-electron chi connectivity index (χ2n) is 3.36. The van der Waals surface area contributed by atoms with Crippen LogP contribution in [0.2, 0.25) is 0 Å². The summed E-state index contributed by atoms with van der Waals surface area (Å²) in [6.45, 7) is 0. The normalized spacial score (nSPS) is 40.5. The van der Waals surface area contributed by atoms with Crippen LogP contribution in [0.25, 0.3) is 0 Å². The molecule has 0 aromatic carbocycles. The lowest BCUT2D eigenvalue weighted by Gasteiger charge is -2.36. The van der Waals surface area contributed by atoms with Crippen LogP contribution in [-0.4, -0.2) is 41.2 Å². The number of fused-ring (bicyclic) bond motifs is 1. The van der Waals surface area contributed by atoms with E-state index in [4.69, 9.17) is 4.74 Å². The smallest absolute Gasteiger partial charge is 0.246 e. The lowest BCUT2D eigenvalue weighted by molar-refractivity contribution is -0.136. The summed E-state index contributed by atoms with van der Waals surface area (Å²) in [4.78, 5) is 11.0. The number of rotatable bonds is 1. The van der Waals surface area contributed by atoms with E-state index in [1.54, 1.807) is 12.2 Å². The summed E-state index contributed by atoms with van der Waals surface area (Å²) in [5.41, 5.74) is -1.34. The average molecular weight is 197 g/mol. The molecule has 1 amide bonds. The van der Waals surface area contributed by atoms with Gasteiger partial charge in [-0.15, -0.1) is 0 Å². The number of carbonyl (C=O) groups excluding carboxylic acids is 1. The molecule has 3 N–H and O–H groups in total. The summed E-state index contributed by atoms with van der Waals surface area (Å²) in [5, 5.41) is 22.0. The molecule has 14 heavy (non-hydrogen) atoms. The van der Waals surface area contributed by atoms with Crippen molar-refractivity contribution in [1.82, 2.24) is 5.32 Å². The van der Waals surface area contributed by atoms with Gasteiger partial charge in [-0.25, -0.2) is 0 Å². The van der Waals surface area contributed by atoms with Crippen LogP contribution in [0.15, 0.2) is 23.8 Å². The Bertz CT molecular complexity index is 336. The molecule has 0 unspecified atom stereocenters. The highest BCUT2D eigenvalue weighted by Crippen LogP contribution is 2.31. The first-order valence-electron chi connectivity index (χ1n) is 4.23. The van der Waals surface area contributed by atoms with E-state index in [0.29, 0.717) is 5.57 Å². The molecular formula is C9H11NO4. The minimum absolute atomic E-state index is 0.364. The number of carbonyl (C=O) groups is 1. The molecule has 0 spiro atoms. The zero-order chi connectivity index (χ0) is 10.3. The van der Waals surface area contributed by atoms with Crippen LogP contribution in [0.3, 0.4) is 0 Å². The molecule has 2 aliphatic rings. The van der Waals surface area contributed by atoms with Crippen LogP contribution >= 0.6 is 0 Å². The summed E-state index contributed by atoms with van der Waals surface area (Å²) in [6, 6.07) is 0. The number of amides is 1. The average Bonchev–Trinajstić information content (AvgIpc) is 2.43. The van der Waals surface area contributed by atoms with Crippen molar-refractivity contribution in [1.29, 1.82) is 0 Å². The largest absolute Gasteiger partial charge is 0.385 e. The predicted octanol–water partition coefficient (Wildman–Crippen LogP) is -1.32. The van der Waals surface area contributed by atoms with Crippen molar-refractivity contribution in [2.24, 2.45) is 0 Å². The van der Waals surface area contributed by atoms with Crippen molar-refractivity contribution in [2.75, 3.05) is 7.11 Å². The third-order valence-electron chi connectivity index (χ3n) is 2.52. The molecular weight excluding hydrogens is 186 g/mol. The van der Waals surface area contributed by atoms with Crippen molar-refractivity contribution >= 4 is 5.91 Å². The van der Waals surface area contributed by atoms with Crippen molar-refractivity contribution in [3.8, 4) is 0 Å². The minimum Gasteiger partial charge on any atom is -0.385 e. The second kappa shape index (κ2) is 2.91. The molecule has 0 bridgehead atoms. The van der Waals surface area contributed by atoms with Crippen LogP contribution in [-0.2, 0) is 9.53 Å². The number of hydrogen-bond donors (Lipinski definition) is 3. The Hall–Kier alpha value is -1.17. The molecule has 0 radical (unpaired) electrons. The van der Waals surface area contributed by atoms with Crippen LogP contribution in [0.4, 0.5) is 0 Å². The summed E-state index contributed by atoms with van der Waals surface area (Å²) < 4.78 is 4.94. The molecule has 1 aliphatic carbocycles. The van der Waals surface area contributed by atoms with Gasteiger partial charge in [-0.3, -0.25) is 4.79 Å². The van der Waals surface area contributed by atoms with Crippen LogP contribution in [0.5, 0.6) is 0 Å². The topological polar surface area (TPSA) is 78.8 Å². The number of ether oxygens (including phenoxy) is 1. The quantitative estimate of drug-likeness (QED) is 0.487. The zero-order valence-corrected chi connectivity index (χ0v) is 7.60. The van der Waals surface area contributed by atoms with Gasteiger partial charge in [0.05, 0.1) is 0 Å². The van der Waals surface area contributed by atoms with Gasteiger partial charge in [0.15, 0.2) is 5.72 Å². The summed E-state index contributed by atoms with van der Waals surface area (Å²) in [7, 11) is 1.42. The Labute approximate surface area is 80.7 Å². The van der Waals surface area contributed by atoms with E-state index in [1.807, 2.05) is 0 Å². The molecule has 76 valence electrons. The maximum atomic E-state index is 11.0. The molecule has 3 atom stereocenters. The Kier molecular flexibility index (Phi) is 1.95. The van der Waals surface area contributed by atoms with E-state index in [2.05, 4.69) is 5.32 Å². The lowest BCUT2D eigenvalue weighted by atomic mass is 9.89. The number of hydrogen-bond acceptors (Lipinski definition) is 4. The lowest BCUT2D eigenvalue weighted by Crippen LogP contribution is -2.59. The van der Waals surface area contributed by atoms with E-state index in [0.717, 1.165) is 0 Å². The molecule has 0 fully saturated rings. The second-order valence-corrected chi connectivity index (χ2v) is 3.36.